The minimum Gasteiger partial charge on any atom is -0.321 e. The SMILES string of the molecule is O=C(Nc1ccc(Cc2cc[nH+]cc2)cc1)c1ccc2ccccc2n1. The summed E-state index contributed by atoms with van der Waals surface area (Å²) in [7, 11) is 0. The number of para-hydroxylation sites is 1. The van der Waals surface area contributed by atoms with Crippen molar-refractivity contribution in [2.45, 2.75) is 6.42 Å². The van der Waals surface area contributed by atoms with Crippen molar-refractivity contribution in [3.05, 3.63) is 102 Å². The van der Waals surface area contributed by atoms with Gasteiger partial charge >= 0.3 is 0 Å². The van der Waals surface area contributed by atoms with Crippen molar-refractivity contribution in [3.8, 4) is 0 Å². The van der Waals surface area contributed by atoms with E-state index in [1.807, 2.05) is 67.0 Å². The largest absolute Gasteiger partial charge is 0.321 e. The highest BCUT2D eigenvalue weighted by molar-refractivity contribution is 6.04. The summed E-state index contributed by atoms with van der Waals surface area (Å²) in [5.74, 6) is -0.206. The van der Waals surface area contributed by atoms with Gasteiger partial charge in [-0.2, -0.15) is 0 Å². The minimum atomic E-state index is -0.206. The summed E-state index contributed by atoms with van der Waals surface area (Å²) in [4.78, 5) is 19.9. The molecule has 4 heteroatoms. The van der Waals surface area contributed by atoms with Crippen LogP contribution in [0.15, 0.2) is 85.2 Å². The number of hydrogen-bond donors (Lipinski definition) is 1. The molecule has 2 heterocycles. The van der Waals surface area contributed by atoms with Crippen LogP contribution in [-0.4, -0.2) is 10.9 Å². The molecule has 0 aliphatic rings. The molecule has 26 heavy (non-hydrogen) atoms. The van der Waals surface area contributed by atoms with Gasteiger partial charge in [0.2, 0.25) is 0 Å². The van der Waals surface area contributed by atoms with Gasteiger partial charge in [0, 0.05) is 23.2 Å². The number of hydrogen-bond acceptors (Lipinski definition) is 2. The molecular weight excluding hydrogens is 322 g/mol. The number of benzene rings is 2. The zero-order chi connectivity index (χ0) is 17.8. The monoisotopic (exact) mass is 340 g/mol. The van der Waals surface area contributed by atoms with Gasteiger partial charge in [-0.1, -0.05) is 36.4 Å². The Kier molecular flexibility index (Phi) is 4.39. The predicted octanol–water partition coefficient (Wildman–Crippen LogP) is 3.89. The van der Waals surface area contributed by atoms with Crippen LogP contribution in [0.4, 0.5) is 5.69 Å². The number of H-pyrrole nitrogens is 1. The second kappa shape index (κ2) is 7.15. The number of aromatic amines is 1. The first kappa shape index (κ1) is 16.0. The number of nitrogens with one attached hydrogen (secondary N) is 2. The fourth-order valence-electron chi connectivity index (χ4n) is 2.87. The molecule has 4 rings (SSSR count). The molecule has 0 aliphatic carbocycles. The highest BCUT2D eigenvalue weighted by atomic mass is 16.1. The Morgan fingerprint density at radius 1 is 0.846 bits per heavy atom. The Hall–Kier alpha value is -3.53. The lowest BCUT2D eigenvalue weighted by Crippen LogP contribution is -2.13. The van der Waals surface area contributed by atoms with E-state index >= 15 is 0 Å². The van der Waals surface area contributed by atoms with Gasteiger partial charge in [-0.25, -0.2) is 9.97 Å². The Morgan fingerprint density at radius 3 is 2.38 bits per heavy atom. The van der Waals surface area contributed by atoms with Gasteiger partial charge in [0.05, 0.1) is 5.52 Å². The Balaban J connectivity index is 1.46. The highest BCUT2D eigenvalue weighted by Gasteiger charge is 2.08. The van der Waals surface area contributed by atoms with Gasteiger partial charge < -0.3 is 5.32 Å². The van der Waals surface area contributed by atoms with Crippen LogP contribution in [-0.2, 0) is 6.42 Å². The molecule has 2 N–H and O–H groups in total. The quantitative estimate of drug-likeness (QED) is 0.613. The maximum atomic E-state index is 12.5. The average Bonchev–Trinajstić information content (AvgIpc) is 2.70. The van der Waals surface area contributed by atoms with Gasteiger partial charge in [-0.15, -0.1) is 0 Å². The van der Waals surface area contributed by atoms with Crippen LogP contribution in [0.1, 0.15) is 21.6 Å². The number of rotatable bonds is 4. The Morgan fingerprint density at radius 2 is 1.58 bits per heavy atom. The molecule has 126 valence electrons. The summed E-state index contributed by atoms with van der Waals surface area (Å²) >= 11 is 0. The topological polar surface area (TPSA) is 56.1 Å². The van der Waals surface area contributed by atoms with Gasteiger partial charge in [-0.05, 0) is 41.8 Å². The number of carbonyl (C=O) groups is 1. The summed E-state index contributed by atoms with van der Waals surface area (Å²) in [6.45, 7) is 0. The third kappa shape index (κ3) is 3.59. The second-order valence-corrected chi connectivity index (χ2v) is 6.13. The number of anilines is 1. The van der Waals surface area contributed by atoms with Crippen molar-refractivity contribution in [1.29, 1.82) is 0 Å². The van der Waals surface area contributed by atoms with Crippen LogP contribution in [0.5, 0.6) is 0 Å². The molecule has 2 aromatic carbocycles. The molecule has 0 fully saturated rings. The lowest BCUT2D eigenvalue weighted by molar-refractivity contribution is -0.378. The summed E-state index contributed by atoms with van der Waals surface area (Å²) in [6, 6.07) is 23.4. The molecule has 0 radical (unpaired) electrons. The Bertz CT molecular complexity index is 1040. The highest BCUT2D eigenvalue weighted by Crippen LogP contribution is 2.15. The first-order valence-corrected chi connectivity index (χ1v) is 8.49. The van der Waals surface area contributed by atoms with E-state index in [2.05, 4.69) is 27.4 Å². The second-order valence-electron chi connectivity index (χ2n) is 6.13. The molecular formula is C22H18N3O+. The van der Waals surface area contributed by atoms with E-state index in [0.717, 1.165) is 23.0 Å². The van der Waals surface area contributed by atoms with E-state index in [4.69, 9.17) is 0 Å². The lowest BCUT2D eigenvalue weighted by Gasteiger charge is -2.07. The predicted molar refractivity (Wildman–Crippen MR) is 102 cm³/mol. The molecule has 0 spiro atoms. The minimum absolute atomic E-state index is 0.206. The third-order valence-electron chi connectivity index (χ3n) is 4.24. The van der Waals surface area contributed by atoms with E-state index in [-0.39, 0.29) is 5.91 Å². The van der Waals surface area contributed by atoms with Crippen LogP contribution in [0.2, 0.25) is 0 Å². The average molecular weight is 340 g/mol. The number of pyridine rings is 2. The molecule has 0 atom stereocenters. The molecule has 0 unspecified atom stereocenters. The molecule has 2 aromatic heterocycles. The van der Waals surface area contributed by atoms with E-state index in [1.54, 1.807) is 6.07 Å². The Labute approximate surface area is 151 Å². The summed E-state index contributed by atoms with van der Waals surface area (Å²) < 4.78 is 0. The summed E-state index contributed by atoms with van der Waals surface area (Å²) in [6.07, 6.45) is 4.69. The number of fused-ring (bicyclic) bond motifs is 1. The van der Waals surface area contributed by atoms with Crippen LogP contribution < -0.4 is 10.3 Å². The first-order valence-electron chi connectivity index (χ1n) is 8.49. The summed E-state index contributed by atoms with van der Waals surface area (Å²) in [5, 5.41) is 3.93. The van der Waals surface area contributed by atoms with Crippen LogP contribution >= 0.6 is 0 Å². The normalized spacial score (nSPS) is 10.6. The fourth-order valence-corrected chi connectivity index (χ4v) is 2.87. The van der Waals surface area contributed by atoms with Gasteiger partial charge in [0.25, 0.3) is 5.91 Å². The van der Waals surface area contributed by atoms with Crippen LogP contribution in [0.25, 0.3) is 10.9 Å². The number of aromatic nitrogens is 2. The third-order valence-corrected chi connectivity index (χ3v) is 4.24. The van der Waals surface area contributed by atoms with Crippen molar-refractivity contribution < 1.29 is 9.78 Å². The van der Waals surface area contributed by atoms with E-state index in [9.17, 15) is 4.79 Å². The van der Waals surface area contributed by atoms with Gasteiger partial charge in [0.1, 0.15) is 5.69 Å². The molecule has 0 saturated carbocycles. The molecule has 0 saturated heterocycles. The van der Waals surface area contributed by atoms with Crippen molar-refractivity contribution >= 4 is 22.5 Å². The van der Waals surface area contributed by atoms with E-state index < -0.39 is 0 Å². The van der Waals surface area contributed by atoms with Gasteiger partial charge in [-0.3, -0.25) is 4.79 Å². The van der Waals surface area contributed by atoms with Crippen LogP contribution in [0.3, 0.4) is 0 Å². The van der Waals surface area contributed by atoms with E-state index in [1.165, 1.54) is 11.1 Å². The maximum Gasteiger partial charge on any atom is 0.274 e. The smallest absolute Gasteiger partial charge is 0.274 e. The zero-order valence-corrected chi connectivity index (χ0v) is 14.1. The van der Waals surface area contributed by atoms with Crippen molar-refractivity contribution in [1.82, 2.24) is 4.98 Å². The molecule has 1 amide bonds. The number of amides is 1. The first-order chi connectivity index (χ1) is 12.8. The fraction of sp³-hybridized carbons (Fsp3) is 0.0455. The van der Waals surface area contributed by atoms with E-state index in [0.29, 0.717) is 5.69 Å². The number of nitrogens with zero attached hydrogens (tertiary/aromatic N) is 1. The number of carbonyl (C=O) groups excluding carboxylic acids is 1. The summed E-state index contributed by atoms with van der Waals surface area (Å²) in [5.41, 5.74) is 4.41. The van der Waals surface area contributed by atoms with Crippen molar-refractivity contribution in [2.75, 3.05) is 5.32 Å². The van der Waals surface area contributed by atoms with Crippen molar-refractivity contribution in [2.24, 2.45) is 0 Å². The molecule has 4 aromatic rings. The standard InChI is InChI=1S/C22H17N3O/c26-22(21-10-7-18-3-1-2-4-20(18)25-21)24-19-8-5-16(6-9-19)15-17-11-13-23-14-12-17/h1-14H,15H2,(H,24,26)/p+1. The molecule has 0 bridgehead atoms. The lowest BCUT2D eigenvalue weighted by atomic mass is 10.1. The maximum absolute atomic E-state index is 12.5. The molecule has 0 aliphatic heterocycles. The van der Waals surface area contributed by atoms with Gasteiger partial charge in [0.15, 0.2) is 12.4 Å². The zero-order valence-electron chi connectivity index (χ0n) is 14.1. The molecule has 4 nitrogen and oxygen atoms in total. The van der Waals surface area contributed by atoms with Crippen LogP contribution in [0, 0.1) is 0 Å². The van der Waals surface area contributed by atoms with Crippen molar-refractivity contribution in [3.63, 3.8) is 0 Å².